The summed E-state index contributed by atoms with van der Waals surface area (Å²) in [5.41, 5.74) is 2.93. The molecule has 232 valence electrons. The van der Waals surface area contributed by atoms with E-state index in [2.05, 4.69) is 10.2 Å². The van der Waals surface area contributed by atoms with Crippen molar-refractivity contribution in [3.05, 3.63) is 136 Å². The predicted octanol–water partition coefficient (Wildman–Crippen LogP) is 8.09. The van der Waals surface area contributed by atoms with Gasteiger partial charge in [0.2, 0.25) is 5.13 Å². The zero-order valence-corrected chi connectivity index (χ0v) is 27.0. The summed E-state index contributed by atoms with van der Waals surface area (Å²) in [5.74, 6) is -0.143. The summed E-state index contributed by atoms with van der Waals surface area (Å²) < 4.78 is 12.2. The van der Waals surface area contributed by atoms with Crippen LogP contribution in [0, 0.1) is 0 Å². The highest BCUT2D eigenvalue weighted by Gasteiger charge is 2.48. The number of Topliss-reactive ketones (excluding diaryl/α,β-unsaturated/α-hetero) is 1. The molecule has 0 aliphatic carbocycles. The first-order chi connectivity index (χ1) is 22.4. The predicted molar refractivity (Wildman–Crippen MR) is 181 cm³/mol. The fourth-order valence-electron chi connectivity index (χ4n) is 4.98. The van der Waals surface area contributed by atoms with Gasteiger partial charge in [-0.05, 0) is 72.1 Å². The number of ether oxygens (including phenoxy) is 2. The molecule has 1 atom stereocenters. The molecule has 0 spiro atoms. The number of halogens is 1. The van der Waals surface area contributed by atoms with E-state index in [9.17, 15) is 14.7 Å². The Labute approximate surface area is 279 Å². The summed E-state index contributed by atoms with van der Waals surface area (Å²) >= 11 is 8.68. The van der Waals surface area contributed by atoms with Crippen LogP contribution >= 0.6 is 34.7 Å². The van der Waals surface area contributed by atoms with Crippen molar-refractivity contribution >= 4 is 57.3 Å². The van der Waals surface area contributed by atoms with Gasteiger partial charge in [-0.25, -0.2) is 0 Å². The largest absolute Gasteiger partial charge is 0.507 e. The van der Waals surface area contributed by atoms with Gasteiger partial charge in [0.1, 0.15) is 23.9 Å². The zero-order valence-electron chi connectivity index (χ0n) is 24.6. The van der Waals surface area contributed by atoms with Crippen LogP contribution in [0.3, 0.4) is 0 Å². The van der Waals surface area contributed by atoms with Gasteiger partial charge in [-0.3, -0.25) is 14.5 Å². The smallest absolute Gasteiger partial charge is 0.301 e. The topological polar surface area (TPSA) is 102 Å². The van der Waals surface area contributed by atoms with Crippen molar-refractivity contribution in [2.24, 2.45) is 0 Å². The summed E-state index contributed by atoms with van der Waals surface area (Å²) in [6, 6.07) is 30.2. The van der Waals surface area contributed by atoms with E-state index in [-0.39, 0.29) is 16.5 Å². The average Bonchev–Trinajstić information content (AvgIpc) is 3.66. The normalized spacial score (nSPS) is 15.7. The lowest BCUT2D eigenvalue weighted by atomic mass is 9.95. The molecule has 1 N–H and O–H groups in total. The first-order valence-electron chi connectivity index (χ1n) is 14.4. The van der Waals surface area contributed by atoms with Crippen LogP contribution in [-0.2, 0) is 21.9 Å². The number of rotatable bonds is 11. The Hall–Kier alpha value is -4.64. The molecule has 11 heteroatoms. The molecular weight excluding hydrogens is 642 g/mol. The maximum absolute atomic E-state index is 13.7. The Balaban J connectivity index is 1.36. The van der Waals surface area contributed by atoms with Crippen LogP contribution < -0.4 is 14.4 Å². The molecule has 2 heterocycles. The monoisotopic (exact) mass is 669 g/mol. The number of aliphatic hydroxyl groups excluding tert-OH is 1. The van der Waals surface area contributed by atoms with Crippen molar-refractivity contribution in [3.63, 3.8) is 0 Å². The fraction of sp³-hybridized carbons (Fsp3) is 0.143. The van der Waals surface area contributed by atoms with Crippen LogP contribution in [0.4, 0.5) is 5.13 Å². The lowest BCUT2D eigenvalue weighted by Crippen LogP contribution is -2.29. The Morgan fingerprint density at radius 3 is 2.39 bits per heavy atom. The Kier molecular flexibility index (Phi) is 9.68. The molecule has 0 radical (unpaired) electrons. The molecule has 46 heavy (non-hydrogen) atoms. The van der Waals surface area contributed by atoms with E-state index >= 15 is 0 Å². The summed E-state index contributed by atoms with van der Waals surface area (Å²) in [6.45, 7) is 2.70. The average molecular weight is 670 g/mol. The van der Waals surface area contributed by atoms with E-state index in [0.29, 0.717) is 51.0 Å². The number of aliphatic hydroxyl groups is 1. The summed E-state index contributed by atoms with van der Waals surface area (Å²) in [5, 5.41) is 21.1. The van der Waals surface area contributed by atoms with Gasteiger partial charge < -0.3 is 14.6 Å². The van der Waals surface area contributed by atoms with Gasteiger partial charge in [-0.2, -0.15) is 0 Å². The van der Waals surface area contributed by atoms with Gasteiger partial charge in [-0.15, -0.1) is 10.2 Å². The molecule has 1 aromatic heterocycles. The zero-order chi connectivity index (χ0) is 32.0. The summed E-state index contributed by atoms with van der Waals surface area (Å²) in [6.07, 6.45) is 0. The third kappa shape index (κ3) is 6.94. The summed E-state index contributed by atoms with van der Waals surface area (Å²) in [4.78, 5) is 28.7. The van der Waals surface area contributed by atoms with Crippen molar-refractivity contribution in [2.75, 3.05) is 11.5 Å². The first kappa shape index (κ1) is 31.3. The number of nitrogens with zero attached hydrogens (tertiary/aromatic N) is 3. The quantitative estimate of drug-likeness (QED) is 0.0495. The number of benzene rings is 4. The third-order valence-electron chi connectivity index (χ3n) is 7.18. The third-order valence-corrected chi connectivity index (χ3v) is 9.56. The van der Waals surface area contributed by atoms with Gasteiger partial charge in [0.05, 0.1) is 18.2 Å². The van der Waals surface area contributed by atoms with Crippen LogP contribution in [-0.4, -0.2) is 33.6 Å². The first-order valence-corrected chi connectivity index (χ1v) is 16.6. The summed E-state index contributed by atoms with van der Waals surface area (Å²) in [7, 11) is 0. The minimum Gasteiger partial charge on any atom is -0.507 e. The second kappa shape index (κ2) is 14.2. The van der Waals surface area contributed by atoms with Crippen LogP contribution in [0.2, 0.25) is 5.02 Å². The van der Waals surface area contributed by atoms with Crippen LogP contribution in [0.15, 0.2) is 113 Å². The van der Waals surface area contributed by atoms with Crippen molar-refractivity contribution < 1.29 is 24.2 Å². The van der Waals surface area contributed by atoms with E-state index in [1.54, 1.807) is 42.5 Å². The molecule has 1 aliphatic rings. The lowest BCUT2D eigenvalue weighted by molar-refractivity contribution is -0.132. The molecule has 6 rings (SSSR count). The van der Waals surface area contributed by atoms with Gasteiger partial charge >= 0.3 is 5.91 Å². The standard InChI is InChI=1S/C35H28ClN3O5S2/c1-2-43-27-17-13-24(14-18-27)31(40)29-30(25-9-6-10-28(19-25)44-20-22-7-4-3-5-8-22)39(33(42)32(29)41)34-37-38-35(46-34)45-21-23-11-15-26(36)16-12-23/h3-19,30,40H,2,20-21H2,1H3. The molecule has 1 aliphatic heterocycles. The lowest BCUT2D eigenvalue weighted by Gasteiger charge is -2.23. The number of hydrogen-bond donors (Lipinski definition) is 1. The minimum atomic E-state index is -0.978. The van der Waals surface area contributed by atoms with Gasteiger partial charge in [-0.1, -0.05) is 89.3 Å². The number of ketones is 1. The maximum atomic E-state index is 13.7. The number of amides is 1. The van der Waals surface area contributed by atoms with Crippen molar-refractivity contribution in [1.82, 2.24) is 10.2 Å². The molecule has 1 amide bonds. The van der Waals surface area contributed by atoms with Crippen molar-refractivity contribution in [1.29, 1.82) is 0 Å². The van der Waals surface area contributed by atoms with Crippen molar-refractivity contribution in [3.8, 4) is 11.5 Å². The SMILES string of the molecule is CCOc1ccc(C(O)=C2C(=O)C(=O)N(c3nnc(SCc4ccc(Cl)cc4)s3)C2c2cccc(OCc3ccccc3)c2)cc1. The maximum Gasteiger partial charge on any atom is 0.301 e. The van der Waals surface area contributed by atoms with E-state index in [0.717, 1.165) is 11.1 Å². The number of aromatic nitrogens is 2. The highest BCUT2D eigenvalue weighted by Crippen LogP contribution is 2.44. The molecule has 4 aromatic carbocycles. The van der Waals surface area contributed by atoms with Gasteiger partial charge in [0, 0.05) is 16.3 Å². The Morgan fingerprint density at radius 2 is 1.65 bits per heavy atom. The minimum absolute atomic E-state index is 0.0556. The molecule has 1 saturated heterocycles. The highest BCUT2D eigenvalue weighted by molar-refractivity contribution is 8.00. The second-order valence-electron chi connectivity index (χ2n) is 10.2. The second-order valence-corrected chi connectivity index (χ2v) is 12.9. The van der Waals surface area contributed by atoms with E-state index < -0.39 is 17.7 Å². The molecule has 1 unspecified atom stereocenters. The molecule has 8 nitrogen and oxygen atoms in total. The van der Waals surface area contributed by atoms with E-state index in [4.69, 9.17) is 21.1 Å². The van der Waals surface area contributed by atoms with E-state index in [1.807, 2.05) is 67.6 Å². The van der Waals surface area contributed by atoms with E-state index in [1.165, 1.54) is 28.0 Å². The fourth-order valence-corrected chi connectivity index (χ4v) is 6.93. The van der Waals surface area contributed by atoms with Gasteiger partial charge in [0.25, 0.3) is 5.78 Å². The van der Waals surface area contributed by atoms with Crippen molar-refractivity contribution in [2.45, 2.75) is 29.7 Å². The molecule has 1 fully saturated rings. The van der Waals surface area contributed by atoms with Crippen LogP contribution in [0.1, 0.15) is 35.2 Å². The molecule has 5 aromatic rings. The number of carbonyl (C=O) groups excluding carboxylic acids is 2. The number of carbonyl (C=O) groups is 2. The number of anilines is 1. The highest BCUT2D eigenvalue weighted by atomic mass is 35.5. The molecular formula is C35H28ClN3O5S2. The number of hydrogen-bond acceptors (Lipinski definition) is 9. The van der Waals surface area contributed by atoms with Crippen LogP contribution in [0.5, 0.6) is 11.5 Å². The number of thioether (sulfide) groups is 1. The molecule has 0 bridgehead atoms. The van der Waals surface area contributed by atoms with Gasteiger partial charge in [0.15, 0.2) is 4.34 Å². The Morgan fingerprint density at radius 1 is 0.891 bits per heavy atom. The Bertz CT molecular complexity index is 1880. The molecule has 0 saturated carbocycles. The van der Waals surface area contributed by atoms with Crippen LogP contribution in [0.25, 0.3) is 5.76 Å².